The van der Waals surface area contributed by atoms with E-state index in [0.717, 1.165) is 51.4 Å². The highest BCUT2D eigenvalue weighted by Crippen LogP contribution is 2.43. The molecule has 0 spiro atoms. The molecule has 0 saturated heterocycles. The van der Waals surface area contributed by atoms with Gasteiger partial charge in [-0.2, -0.15) is 0 Å². The summed E-state index contributed by atoms with van der Waals surface area (Å²) in [6.07, 6.45) is 38.9. The van der Waals surface area contributed by atoms with E-state index in [0.29, 0.717) is 12.8 Å². The van der Waals surface area contributed by atoms with Gasteiger partial charge in [0.1, 0.15) is 6.61 Å². The SMILES string of the molecule is CCCCC/C=C/C/C=C/C/C=C/CCCCC(=O)OC[C@H](COP(=O)(O)OCCN)OC(=O)CCCCCCCCCCCCCCCC. The first kappa shape index (κ1) is 48.2. The van der Waals surface area contributed by atoms with Crippen molar-refractivity contribution in [2.24, 2.45) is 5.73 Å². The van der Waals surface area contributed by atoms with E-state index in [9.17, 15) is 19.0 Å². The topological polar surface area (TPSA) is 134 Å². The van der Waals surface area contributed by atoms with Gasteiger partial charge in [0.05, 0.1) is 13.2 Å². The Morgan fingerprint density at radius 2 is 1.04 bits per heavy atom. The van der Waals surface area contributed by atoms with E-state index in [4.69, 9.17) is 24.3 Å². The smallest absolute Gasteiger partial charge is 0.462 e. The summed E-state index contributed by atoms with van der Waals surface area (Å²) in [5.74, 6) is -0.871. The molecule has 0 aromatic heterocycles. The standard InChI is InChI=1S/C40H74NO8P/c1-3-5-7-9-11-13-15-17-19-21-22-24-26-28-30-32-39(42)46-36-38(37-48-50(44,45)47-35-34-41)49-40(43)33-31-29-27-25-23-20-18-16-14-12-10-8-6-4-2/h11,13,17,19,22,24,38H,3-10,12,14-16,18,20-21,23,25-37,41H2,1-2H3,(H,44,45)/b13-11+,19-17+,24-22+/t38-/m1/s1. The van der Waals surface area contributed by atoms with Crippen LogP contribution in [0.3, 0.4) is 0 Å². The Morgan fingerprint density at radius 3 is 1.58 bits per heavy atom. The van der Waals surface area contributed by atoms with E-state index < -0.39 is 32.5 Å². The van der Waals surface area contributed by atoms with Crippen molar-refractivity contribution in [1.82, 2.24) is 0 Å². The molecular formula is C40H74NO8P. The Morgan fingerprint density at radius 1 is 0.600 bits per heavy atom. The zero-order valence-corrected chi connectivity index (χ0v) is 32.8. The summed E-state index contributed by atoms with van der Waals surface area (Å²) in [7, 11) is -4.38. The van der Waals surface area contributed by atoms with Crippen LogP contribution in [0.15, 0.2) is 36.5 Å². The fourth-order valence-electron chi connectivity index (χ4n) is 5.29. The van der Waals surface area contributed by atoms with E-state index >= 15 is 0 Å². The second kappa shape index (κ2) is 37.0. The molecule has 0 aromatic rings. The van der Waals surface area contributed by atoms with Gasteiger partial charge in [-0.1, -0.05) is 147 Å². The molecule has 0 bridgehead atoms. The minimum Gasteiger partial charge on any atom is -0.462 e. The molecule has 0 aliphatic heterocycles. The van der Waals surface area contributed by atoms with Crippen LogP contribution in [-0.4, -0.2) is 49.3 Å². The molecule has 0 saturated carbocycles. The number of allylic oxidation sites excluding steroid dienone is 6. The van der Waals surface area contributed by atoms with Crippen molar-refractivity contribution in [2.75, 3.05) is 26.4 Å². The van der Waals surface area contributed by atoms with Crippen molar-refractivity contribution in [3.8, 4) is 0 Å². The Labute approximate surface area is 305 Å². The van der Waals surface area contributed by atoms with Gasteiger partial charge in [0.25, 0.3) is 0 Å². The molecule has 0 aliphatic rings. The molecule has 50 heavy (non-hydrogen) atoms. The van der Waals surface area contributed by atoms with Crippen molar-refractivity contribution in [3.05, 3.63) is 36.5 Å². The minimum absolute atomic E-state index is 0.0487. The first-order valence-corrected chi connectivity index (χ1v) is 21.5. The summed E-state index contributed by atoms with van der Waals surface area (Å²) in [6, 6.07) is 0. The summed E-state index contributed by atoms with van der Waals surface area (Å²) in [4.78, 5) is 34.7. The van der Waals surface area contributed by atoms with Crippen LogP contribution in [0.2, 0.25) is 0 Å². The van der Waals surface area contributed by atoms with E-state index in [1.165, 1.54) is 83.5 Å². The molecule has 0 fully saturated rings. The van der Waals surface area contributed by atoms with Gasteiger partial charge in [0, 0.05) is 19.4 Å². The van der Waals surface area contributed by atoms with Crippen molar-refractivity contribution in [3.63, 3.8) is 0 Å². The normalized spacial score (nSPS) is 13.8. The maximum atomic E-state index is 12.5. The average Bonchev–Trinajstić information content (AvgIpc) is 3.10. The van der Waals surface area contributed by atoms with Gasteiger partial charge in [-0.3, -0.25) is 18.6 Å². The number of nitrogens with two attached hydrogens (primary N) is 1. The first-order chi connectivity index (χ1) is 24.3. The number of unbranched alkanes of at least 4 members (excludes halogenated alkanes) is 18. The highest BCUT2D eigenvalue weighted by molar-refractivity contribution is 7.47. The Balaban J connectivity index is 4.26. The summed E-state index contributed by atoms with van der Waals surface area (Å²) >= 11 is 0. The van der Waals surface area contributed by atoms with Crippen LogP contribution in [0, 0.1) is 0 Å². The Kier molecular flexibility index (Phi) is 35.7. The number of phosphoric ester groups is 1. The summed E-state index contributed by atoms with van der Waals surface area (Å²) in [6.45, 7) is 3.65. The third-order valence-electron chi connectivity index (χ3n) is 8.28. The minimum atomic E-state index is -4.38. The van der Waals surface area contributed by atoms with Crippen LogP contribution in [0.1, 0.15) is 174 Å². The van der Waals surface area contributed by atoms with Crippen molar-refractivity contribution in [2.45, 2.75) is 180 Å². The molecule has 9 nitrogen and oxygen atoms in total. The van der Waals surface area contributed by atoms with Crippen LogP contribution in [0.4, 0.5) is 0 Å². The largest absolute Gasteiger partial charge is 0.472 e. The van der Waals surface area contributed by atoms with Crippen molar-refractivity contribution < 1.29 is 37.6 Å². The third kappa shape index (κ3) is 36.0. The number of carbonyl (C=O) groups is 2. The molecular weight excluding hydrogens is 653 g/mol. The van der Waals surface area contributed by atoms with Gasteiger partial charge in [-0.25, -0.2) is 4.57 Å². The molecule has 0 amide bonds. The lowest BCUT2D eigenvalue weighted by molar-refractivity contribution is -0.161. The van der Waals surface area contributed by atoms with E-state index in [1.807, 2.05) is 0 Å². The fraction of sp³-hybridized carbons (Fsp3) is 0.800. The molecule has 0 radical (unpaired) electrons. The monoisotopic (exact) mass is 728 g/mol. The summed E-state index contributed by atoms with van der Waals surface area (Å²) < 4.78 is 32.6. The van der Waals surface area contributed by atoms with Gasteiger partial charge in [0.2, 0.25) is 0 Å². The van der Waals surface area contributed by atoms with Crippen LogP contribution in [-0.2, 0) is 32.7 Å². The predicted molar refractivity (Wildman–Crippen MR) is 206 cm³/mol. The molecule has 3 N–H and O–H groups in total. The zero-order chi connectivity index (χ0) is 36.8. The van der Waals surface area contributed by atoms with Gasteiger partial charge in [0.15, 0.2) is 6.10 Å². The maximum absolute atomic E-state index is 12.5. The highest BCUT2D eigenvalue weighted by atomic mass is 31.2. The lowest BCUT2D eigenvalue weighted by Gasteiger charge is -2.19. The molecule has 0 heterocycles. The van der Waals surface area contributed by atoms with Crippen LogP contribution in [0.5, 0.6) is 0 Å². The number of ether oxygens (including phenoxy) is 2. The van der Waals surface area contributed by atoms with Gasteiger partial charge < -0.3 is 20.1 Å². The first-order valence-electron chi connectivity index (χ1n) is 20.0. The maximum Gasteiger partial charge on any atom is 0.472 e. The van der Waals surface area contributed by atoms with Crippen molar-refractivity contribution >= 4 is 19.8 Å². The van der Waals surface area contributed by atoms with Crippen LogP contribution >= 0.6 is 7.82 Å². The Bertz CT molecular complexity index is 923. The van der Waals surface area contributed by atoms with Crippen LogP contribution < -0.4 is 5.73 Å². The average molecular weight is 728 g/mol. The lowest BCUT2D eigenvalue weighted by atomic mass is 10.0. The molecule has 2 atom stereocenters. The number of hydrogen-bond acceptors (Lipinski definition) is 8. The molecule has 10 heteroatoms. The van der Waals surface area contributed by atoms with Gasteiger partial charge in [-0.05, 0) is 51.4 Å². The van der Waals surface area contributed by atoms with Gasteiger partial charge in [-0.15, -0.1) is 0 Å². The summed E-state index contributed by atoms with van der Waals surface area (Å²) in [5.41, 5.74) is 5.33. The number of phosphoric acid groups is 1. The van der Waals surface area contributed by atoms with Crippen LogP contribution in [0.25, 0.3) is 0 Å². The molecule has 0 aromatic carbocycles. The zero-order valence-electron chi connectivity index (χ0n) is 31.9. The molecule has 0 aliphatic carbocycles. The second-order valence-corrected chi connectivity index (χ2v) is 14.6. The second-order valence-electron chi connectivity index (χ2n) is 13.2. The fourth-order valence-corrected chi connectivity index (χ4v) is 6.05. The number of rotatable bonds is 37. The molecule has 292 valence electrons. The molecule has 0 rings (SSSR count). The predicted octanol–water partition coefficient (Wildman–Crippen LogP) is 11.0. The van der Waals surface area contributed by atoms with Gasteiger partial charge >= 0.3 is 19.8 Å². The number of hydrogen-bond donors (Lipinski definition) is 2. The van der Waals surface area contributed by atoms with E-state index in [2.05, 4.69) is 50.3 Å². The third-order valence-corrected chi connectivity index (χ3v) is 9.26. The Hall–Kier alpha value is -1.77. The summed E-state index contributed by atoms with van der Waals surface area (Å²) in [5, 5.41) is 0. The van der Waals surface area contributed by atoms with E-state index in [-0.39, 0.29) is 32.6 Å². The van der Waals surface area contributed by atoms with E-state index in [1.54, 1.807) is 0 Å². The molecule has 1 unspecified atom stereocenters. The van der Waals surface area contributed by atoms with Crippen molar-refractivity contribution in [1.29, 1.82) is 0 Å². The number of esters is 2. The number of carbonyl (C=O) groups excluding carboxylic acids is 2. The highest BCUT2D eigenvalue weighted by Gasteiger charge is 2.25. The quantitative estimate of drug-likeness (QED) is 0.0277. The lowest BCUT2D eigenvalue weighted by Crippen LogP contribution is -2.29.